The molecule has 0 saturated carbocycles. The summed E-state index contributed by atoms with van der Waals surface area (Å²) >= 11 is 5.87. The topological polar surface area (TPSA) is 51.2 Å². The molecule has 98 valence electrons. The highest BCUT2D eigenvalue weighted by Crippen LogP contribution is 2.25. The summed E-state index contributed by atoms with van der Waals surface area (Å²) in [4.78, 5) is 11.7. The quantitative estimate of drug-likeness (QED) is 0.816. The number of carbonyl (C=O) groups excluding carboxylic acids is 1. The Balaban J connectivity index is 2.60. The molecule has 5 heteroatoms. The monoisotopic (exact) mass is 294 g/mol. The smallest absolute Gasteiger partial charge is 0.206 e. The molecule has 0 aromatic heterocycles. The molecular formula is C14H11ClO3S. The molecule has 2 aromatic rings. The van der Waals surface area contributed by atoms with Gasteiger partial charge in [0.25, 0.3) is 0 Å². The second-order valence-electron chi connectivity index (χ2n) is 4.01. The number of Topliss-reactive ketones (excluding diaryl/α,β-unsaturated/α-hetero) is 1. The molecule has 0 heterocycles. The van der Waals surface area contributed by atoms with Crippen molar-refractivity contribution in [1.29, 1.82) is 0 Å². The first kappa shape index (κ1) is 13.8. The number of benzene rings is 2. The molecule has 0 aliphatic heterocycles. The molecular weight excluding hydrogens is 284 g/mol. The Morgan fingerprint density at radius 2 is 1.63 bits per heavy atom. The van der Waals surface area contributed by atoms with E-state index in [9.17, 15) is 13.2 Å². The first-order valence-corrected chi connectivity index (χ1v) is 7.39. The molecule has 3 nitrogen and oxygen atoms in total. The van der Waals surface area contributed by atoms with Gasteiger partial charge in [0.15, 0.2) is 5.78 Å². The van der Waals surface area contributed by atoms with Gasteiger partial charge in [-0.05, 0) is 37.3 Å². The normalized spacial score (nSPS) is 11.3. The summed E-state index contributed by atoms with van der Waals surface area (Å²) < 4.78 is 24.7. The van der Waals surface area contributed by atoms with Gasteiger partial charge in [0.1, 0.15) is 0 Å². The number of hydrogen-bond acceptors (Lipinski definition) is 3. The third-order valence-corrected chi connectivity index (χ3v) is 4.78. The van der Waals surface area contributed by atoms with Crippen molar-refractivity contribution in [3.63, 3.8) is 0 Å². The molecule has 0 saturated heterocycles. The highest BCUT2D eigenvalue weighted by molar-refractivity contribution is 7.91. The van der Waals surface area contributed by atoms with Crippen LogP contribution in [0, 0.1) is 0 Å². The van der Waals surface area contributed by atoms with Crippen LogP contribution in [0.2, 0.25) is 5.02 Å². The first-order chi connectivity index (χ1) is 8.93. The Labute approximate surface area is 116 Å². The zero-order chi connectivity index (χ0) is 14.0. The molecule has 0 N–H and O–H groups in total. The minimum absolute atomic E-state index is 0.0632. The Morgan fingerprint density at radius 3 is 2.21 bits per heavy atom. The van der Waals surface area contributed by atoms with Crippen LogP contribution in [0.15, 0.2) is 58.3 Å². The minimum Gasteiger partial charge on any atom is -0.294 e. The second-order valence-corrected chi connectivity index (χ2v) is 6.37. The maximum Gasteiger partial charge on any atom is 0.206 e. The van der Waals surface area contributed by atoms with Crippen molar-refractivity contribution < 1.29 is 13.2 Å². The lowest BCUT2D eigenvalue weighted by Gasteiger charge is -2.07. The van der Waals surface area contributed by atoms with E-state index in [1.807, 2.05) is 0 Å². The summed E-state index contributed by atoms with van der Waals surface area (Å²) in [6.45, 7) is 1.35. The summed E-state index contributed by atoms with van der Waals surface area (Å²) in [7, 11) is -3.62. The van der Waals surface area contributed by atoms with Crippen molar-refractivity contribution in [1.82, 2.24) is 0 Å². The molecule has 0 atom stereocenters. The summed E-state index contributed by atoms with van der Waals surface area (Å²) in [5.41, 5.74) is 0.207. The molecule has 0 bridgehead atoms. The van der Waals surface area contributed by atoms with Crippen molar-refractivity contribution in [2.45, 2.75) is 16.7 Å². The number of hydrogen-bond donors (Lipinski definition) is 0. The SMILES string of the molecule is CC(=O)c1cc(S(=O)(=O)c2ccccc2)ccc1Cl. The number of carbonyl (C=O) groups is 1. The van der Waals surface area contributed by atoms with Crippen LogP contribution in [0.3, 0.4) is 0 Å². The van der Waals surface area contributed by atoms with E-state index in [0.717, 1.165) is 0 Å². The third kappa shape index (κ3) is 2.69. The standard InChI is InChI=1S/C14H11ClO3S/c1-10(16)13-9-12(7-8-14(13)15)19(17,18)11-5-3-2-4-6-11/h2-9H,1H3. The van der Waals surface area contributed by atoms with Crippen LogP contribution in [0.1, 0.15) is 17.3 Å². The predicted octanol–water partition coefficient (Wildman–Crippen LogP) is 3.38. The Kier molecular flexibility index (Phi) is 3.73. The largest absolute Gasteiger partial charge is 0.294 e. The van der Waals surface area contributed by atoms with Crippen molar-refractivity contribution >= 4 is 27.2 Å². The summed E-state index contributed by atoms with van der Waals surface area (Å²) in [6, 6.07) is 12.2. The number of rotatable bonds is 3. The van der Waals surface area contributed by atoms with Gasteiger partial charge in [0.05, 0.1) is 14.8 Å². The molecule has 0 radical (unpaired) electrons. The fourth-order valence-corrected chi connectivity index (χ4v) is 3.24. The summed E-state index contributed by atoms with van der Waals surface area (Å²) in [5.74, 6) is -0.268. The number of halogens is 1. The number of sulfone groups is 1. The van der Waals surface area contributed by atoms with Crippen LogP contribution in [0.25, 0.3) is 0 Å². The van der Waals surface area contributed by atoms with Gasteiger partial charge in [-0.15, -0.1) is 0 Å². The van der Waals surface area contributed by atoms with Crippen LogP contribution in [-0.2, 0) is 9.84 Å². The second kappa shape index (κ2) is 5.15. The molecule has 0 spiro atoms. The van der Waals surface area contributed by atoms with E-state index < -0.39 is 9.84 Å². The van der Waals surface area contributed by atoms with Gasteiger partial charge in [-0.3, -0.25) is 4.79 Å². The molecule has 0 fully saturated rings. The Bertz CT molecular complexity index is 722. The zero-order valence-corrected chi connectivity index (χ0v) is 11.7. The van der Waals surface area contributed by atoms with Crippen molar-refractivity contribution in [2.24, 2.45) is 0 Å². The fourth-order valence-electron chi connectivity index (χ4n) is 1.68. The van der Waals surface area contributed by atoms with Crippen LogP contribution in [0.4, 0.5) is 0 Å². The third-order valence-electron chi connectivity index (χ3n) is 2.68. The first-order valence-electron chi connectivity index (χ1n) is 5.53. The van der Waals surface area contributed by atoms with Crippen molar-refractivity contribution in [3.8, 4) is 0 Å². The Hall–Kier alpha value is -1.65. The van der Waals surface area contributed by atoms with Gasteiger partial charge in [-0.25, -0.2) is 8.42 Å². The minimum atomic E-state index is -3.62. The lowest BCUT2D eigenvalue weighted by molar-refractivity contribution is 0.101. The van der Waals surface area contributed by atoms with Crippen molar-refractivity contribution in [2.75, 3.05) is 0 Å². The Morgan fingerprint density at radius 1 is 1.00 bits per heavy atom. The average Bonchev–Trinajstić information content (AvgIpc) is 2.39. The number of ketones is 1. The molecule has 19 heavy (non-hydrogen) atoms. The van der Waals surface area contributed by atoms with Gasteiger partial charge in [0, 0.05) is 5.56 Å². The van der Waals surface area contributed by atoms with E-state index in [-0.39, 0.29) is 26.2 Å². The van der Waals surface area contributed by atoms with E-state index in [1.54, 1.807) is 18.2 Å². The van der Waals surface area contributed by atoms with Crippen LogP contribution < -0.4 is 0 Å². The van der Waals surface area contributed by atoms with Gasteiger partial charge < -0.3 is 0 Å². The van der Waals surface area contributed by atoms with Crippen molar-refractivity contribution in [3.05, 3.63) is 59.1 Å². The molecule has 2 aromatic carbocycles. The lowest BCUT2D eigenvalue weighted by Crippen LogP contribution is -2.04. The zero-order valence-electron chi connectivity index (χ0n) is 10.1. The molecule has 0 aliphatic carbocycles. The van der Waals surface area contributed by atoms with Gasteiger partial charge in [-0.2, -0.15) is 0 Å². The van der Waals surface area contributed by atoms with E-state index >= 15 is 0 Å². The highest BCUT2D eigenvalue weighted by atomic mass is 35.5. The summed E-state index contributed by atoms with van der Waals surface area (Å²) in [5, 5.41) is 0.250. The maximum atomic E-state index is 12.4. The molecule has 0 unspecified atom stereocenters. The van der Waals surface area contributed by atoms with Gasteiger partial charge in [-0.1, -0.05) is 29.8 Å². The van der Waals surface area contributed by atoms with Crippen LogP contribution in [0.5, 0.6) is 0 Å². The lowest BCUT2D eigenvalue weighted by atomic mass is 10.1. The maximum absolute atomic E-state index is 12.4. The van der Waals surface area contributed by atoms with Gasteiger partial charge >= 0.3 is 0 Å². The van der Waals surface area contributed by atoms with E-state index in [2.05, 4.69) is 0 Å². The molecule has 0 amide bonds. The van der Waals surface area contributed by atoms with E-state index in [0.29, 0.717) is 0 Å². The highest BCUT2D eigenvalue weighted by Gasteiger charge is 2.19. The van der Waals surface area contributed by atoms with Crippen LogP contribution in [-0.4, -0.2) is 14.2 Å². The average molecular weight is 295 g/mol. The van der Waals surface area contributed by atoms with E-state index in [4.69, 9.17) is 11.6 Å². The van der Waals surface area contributed by atoms with Crippen LogP contribution >= 0.6 is 11.6 Å². The fraction of sp³-hybridized carbons (Fsp3) is 0.0714. The summed E-state index contributed by atoms with van der Waals surface area (Å²) in [6.07, 6.45) is 0. The van der Waals surface area contributed by atoms with Gasteiger partial charge in [0.2, 0.25) is 9.84 Å². The molecule has 2 rings (SSSR count). The molecule has 0 aliphatic rings. The predicted molar refractivity (Wildman–Crippen MR) is 73.4 cm³/mol. The van der Waals surface area contributed by atoms with E-state index in [1.165, 1.54) is 37.3 Å².